The van der Waals surface area contributed by atoms with E-state index in [9.17, 15) is 4.79 Å². The summed E-state index contributed by atoms with van der Waals surface area (Å²) < 4.78 is 5.58. The van der Waals surface area contributed by atoms with Crippen LogP contribution in [0.4, 0.5) is 5.69 Å². The van der Waals surface area contributed by atoms with Crippen LogP contribution in [0.3, 0.4) is 0 Å². The van der Waals surface area contributed by atoms with Gasteiger partial charge in [-0.25, -0.2) is 0 Å². The Labute approximate surface area is 114 Å². The van der Waals surface area contributed by atoms with Crippen LogP contribution in [-0.2, 0) is 4.79 Å². The van der Waals surface area contributed by atoms with Gasteiger partial charge in [-0.2, -0.15) is 0 Å². The second-order valence-corrected chi connectivity index (χ2v) is 5.25. The molecule has 1 aliphatic heterocycles. The molecule has 4 heteroatoms. The quantitative estimate of drug-likeness (QED) is 0.876. The Morgan fingerprint density at radius 2 is 2.32 bits per heavy atom. The summed E-state index contributed by atoms with van der Waals surface area (Å²) in [5.41, 5.74) is 1.40. The minimum atomic E-state index is -0.464. The number of carbonyl (C=O) groups excluding carboxylic acids is 1. The van der Waals surface area contributed by atoms with Crippen molar-refractivity contribution in [2.75, 3.05) is 18.5 Å². The minimum Gasteiger partial charge on any atom is -0.492 e. The summed E-state index contributed by atoms with van der Waals surface area (Å²) in [7, 11) is 0. The van der Waals surface area contributed by atoms with Crippen molar-refractivity contribution in [3.63, 3.8) is 0 Å². The van der Waals surface area contributed by atoms with Crippen LogP contribution in [0.25, 0.3) is 0 Å². The molecule has 1 amide bonds. The van der Waals surface area contributed by atoms with Gasteiger partial charge in [-0.1, -0.05) is 6.07 Å². The maximum Gasteiger partial charge on any atom is 0.244 e. The Kier molecular flexibility index (Phi) is 4.10. The summed E-state index contributed by atoms with van der Waals surface area (Å²) in [6, 6.07) is 5.82. The fourth-order valence-electron chi connectivity index (χ4n) is 2.36. The average Bonchev–Trinajstić information content (AvgIpc) is 2.81. The smallest absolute Gasteiger partial charge is 0.244 e. The zero-order valence-electron chi connectivity index (χ0n) is 11.9. The van der Waals surface area contributed by atoms with E-state index in [-0.39, 0.29) is 5.91 Å². The van der Waals surface area contributed by atoms with Gasteiger partial charge in [0.25, 0.3) is 0 Å². The third-order valence-corrected chi connectivity index (χ3v) is 3.56. The standard InChI is InChI=1S/C15H22N2O2/c1-4-19-13-10-11(2)6-7-12(13)17-14(18)15(3)8-5-9-16-15/h6-7,10,16H,4-5,8-9H2,1-3H3,(H,17,18). The summed E-state index contributed by atoms with van der Waals surface area (Å²) in [4.78, 5) is 12.3. The van der Waals surface area contributed by atoms with Crippen LogP contribution in [0, 0.1) is 6.92 Å². The monoisotopic (exact) mass is 262 g/mol. The fourth-order valence-corrected chi connectivity index (χ4v) is 2.36. The van der Waals surface area contributed by atoms with E-state index in [1.165, 1.54) is 0 Å². The SMILES string of the molecule is CCOc1cc(C)ccc1NC(=O)C1(C)CCCN1. The second kappa shape index (κ2) is 5.61. The summed E-state index contributed by atoms with van der Waals surface area (Å²) in [6.07, 6.45) is 1.91. The highest BCUT2D eigenvalue weighted by Crippen LogP contribution is 2.28. The van der Waals surface area contributed by atoms with Gasteiger partial charge in [-0.05, 0) is 57.9 Å². The van der Waals surface area contributed by atoms with Gasteiger partial charge >= 0.3 is 0 Å². The first-order valence-electron chi connectivity index (χ1n) is 6.85. The van der Waals surface area contributed by atoms with Gasteiger partial charge in [0.2, 0.25) is 5.91 Å². The normalized spacial score (nSPS) is 22.3. The predicted molar refractivity (Wildman–Crippen MR) is 76.6 cm³/mol. The number of hydrogen-bond donors (Lipinski definition) is 2. The van der Waals surface area contributed by atoms with Crippen LogP contribution >= 0.6 is 0 Å². The number of ether oxygens (including phenoxy) is 1. The minimum absolute atomic E-state index is 0.00908. The van der Waals surface area contributed by atoms with Crippen molar-refractivity contribution in [2.24, 2.45) is 0 Å². The van der Waals surface area contributed by atoms with Gasteiger partial charge < -0.3 is 15.4 Å². The first-order chi connectivity index (χ1) is 9.05. The Morgan fingerprint density at radius 1 is 1.53 bits per heavy atom. The van der Waals surface area contributed by atoms with Crippen molar-refractivity contribution in [2.45, 2.75) is 39.2 Å². The number of aryl methyl sites for hydroxylation is 1. The van der Waals surface area contributed by atoms with Crippen LogP contribution in [0.2, 0.25) is 0 Å². The molecule has 0 saturated carbocycles. The van der Waals surface area contributed by atoms with Gasteiger partial charge in [-0.15, -0.1) is 0 Å². The molecular formula is C15H22N2O2. The highest BCUT2D eigenvalue weighted by Gasteiger charge is 2.36. The van der Waals surface area contributed by atoms with E-state index in [1.54, 1.807) is 0 Å². The lowest BCUT2D eigenvalue weighted by molar-refractivity contribution is -0.121. The molecule has 4 nitrogen and oxygen atoms in total. The van der Waals surface area contributed by atoms with Gasteiger partial charge in [0.1, 0.15) is 5.75 Å². The first-order valence-corrected chi connectivity index (χ1v) is 6.85. The van der Waals surface area contributed by atoms with Crippen molar-refractivity contribution in [1.82, 2.24) is 5.32 Å². The van der Waals surface area contributed by atoms with Crippen LogP contribution in [-0.4, -0.2) is 24.6 Å². The van der Waals surface area contributed by atoms with Crippen molar-refractivity contribution < 1.29 is 9.53 Å². The molecule has 1 aliphatic rings. The van der Waals surface area contributed by atoms with Crippen LogP contribution in [0.5, 0.6) is 5.75 Å². The molecule has 1 aromatic rings. The molecule has 0 aromatic heterocycles. The molecular weight excluding hydrogens is 240 g/mol. The lowest BCUT2D eigenvalue weighted by Gasteiger charge is -2.24. The highest BCUT2D eigenvalue weighted by molar-refractivity contribution is 5.99. The number of hydrogen-bond acceptors (Lipinski definition) is 3. The van der Waals surface area contributed by atoms with Gasteiger partial charge in [0.05, 0.1) is 17.8 Å². The first kappa shape index (κ1) is 13.9. The van der Waals surface area contributed by atoms with E-state index >= 15 is 0 Å². The van der Waals surface area contributed by atoms with Crippen molar-refractivity contribution in [3.8, 4) is 5.75 Å². The largest absolute Gasteiger partial charge is 0.492 e. The number of nitrogens with one attached hydrogen (secondary N) is 2. The maximum atomic E-state index is 12.3. The van der Waals surface area contributed by atoms with Crippen LogP contribution in [0.1, 0.15) is 32.3 Å². The molecule has 2 N–H and O–H groups in total. The summed E-state index contributed by atoms with van der Waals surface area (Å²) in [6.45, 7) is 7.38. The van der Waals surface area contributed by atoms with E-state index in [2.05, 4.69) is 10.6 Å². The number of carbonyl (C=O) groups is 1. The molecule has 104 valence electrons. The van der Waals surface area contributed by atoms with Crippen LogP contribution in [0.15, 0.2) is 18.2 Å². The fraction of sp³-hybridized carbons (Fsp3) is 0.533. The molecule has 0 bridgehead atoms. The van der Waals surface area contributed by atoms with E-state index in [4.69, 9.17) is 4.74 Å². The number of rotatable bonds is 4. The molecule has 0 radical (unpaired) electrons. The van der Waals surface area contributed by atoms with E-state index in [0.29, 0.717) is 6.61 Å². The maximum absolute atomic E-state index is 12.3. The summed E-state index contributed by atoms with van der Waals surface area (Å²) in [5.74, 6) is 0.743. The molecule has 0 aliphatic carbocycles. The zero-order valence-corrected chi connectivity index (χ0v) is 11.9. The zero-order chi connectivity index (χ0) is 13.9. The molecule has 19 heavy (non-hydrogen) atoms. The highest BCUT2D eigenvalue weighted by atomic mass is 16.5. The number of amides is 1. The van der Waals surface area contributed by atoms with Crippen LogP contribution < -0.4 is 15.4 Å². The molecule has 1 fully saturated rings. The third kappa shape index (κ3) is 3.07. The second-order valence-electron chi connectivity index (χ2n) is 5.25. The molecule has 1 saturated heterocycles. The Balaban J connectivity index is 2.16. The van der Waals surface area contributed by atoms with E-state index < -0.39 is 5.54 Å². The molecule has 1 aromatic carbocycles. The van der Waals surface area contributed by atoms with E-state index in [0.717, 1.165) is 36.4 Å². The Bertz CT molecular complexity index is 465. The molecule has 0 spiro atoms. The molecule has 1 atom stereocenters. The number of benzene rings is 1. The molecule has 2 rings (SSSR count). The predicted octanol–water partition coefficient (Wildman–Crippen LogP) is 2.47. The Morgan fingerprint density at radius 3 is 2.95 bits per heavy atom. The van der Waals surface area contributed by atoms with Gasteiger partial charge in [0, 0.05) is 0 Å². The topological polar surface area (TPSA) is 50.4 Å². The lowest BCUT2D eigenvalue weighted by Crippen LogP contribution is -2.48. The summed E-state index contributed by atoms with van der Waals surface area (Å²) in [5, 5.41) is 6.24. The Hall–Kier alpha value is -1.55. The van der Waals surface area contributed by atoms with E-state index in [1.807, 2.05) is 39.0 Å². The van der Waals surface area contributed by atoms with Crippen molar-refractivity contribution in [1.29, 1.82) is 0 Å². The number of anilines is 1. The molecule has 1 unspecified atom stereocenters. The average molecular weight is 262 g/mol. The lowest BCUT2D eigenvalue weighted by atomic mass is 9.99. The van der Waals surface area contributed by atoms with Crippen molar-refractivity contribution in [3.05, 3.63) is 23.8 Å². The van der Waals surface area contributed by atoms with Gasteiger partial charge in [-0.3, -0.25) is 4.79 Å². The van der Waals surface area contributed by atoms with Gasteiger partial charge in [0.15, 0.2) is 0 Å². The summed E-state index contributed by atoms with van der Waals surface area (Å²) >= 11 is 0. The third-order valence-electron chi connectivity index (χ3n) is 3.56. The van der Waals surface area contributed by atoms with Crippen molar-refractivity contribution >= 4 is 11.6 Å². The molecule has 1 heterocycles.